The average Bonchev–Trinajstić information content (AvgIpc) is 2.24. The van der Waals surface area contributed by atoms with Crippen molar-refractivity contribution in [2.24, 2.45) is 17.8 Å². The van der Waals surface area contributed by atoms with Gasteiger partial charge in [0.05, 0.1) is 0 Å². The number of hydrogen-bond donors (Lipinski definition) is 0. The van der Waals surface area contributed by atoms with E-state index >= 15 is 0 Å². The summed E-state index contributed by atoms with van der Waals surface area (Å²) < 4.78 is 0. The molecule has 2 fully saturated rings. The Morgan fingerprint density at radius 1 is 1.12 bits per heavy atom. The van der Waals surface area contributed by atoms with Gasteiger partial charge in [0.25, 0.3) is 0 Å². The van der Waals surface area contributed by atoms with Crippen LogP contribution in [-0.2, 0) is 0 Å². The lowest BCUT2D eigenvalue weighted by Crippen LogP contribution is -2.55. The van der Waals surface area contributed by atoms with Crippen LogP contribution in [0, 0.1) is 17.8 Å². The van der Waals surface area contributed by atoms with Gasteiger partial charge in [0, 0.05) is 26.2 Å². The first-order valence-electron chi connectivity index (χ1n) is 6.61. The number of hydrogen-bond acceptors (Lipinski definition) is 1. The molecule has 16 heavy (non-hydrogen) atoms. The van der Waals surface area contributed by atoms with E-state index in [9.17, 15) is 4.79 Å². The van der Waals surface area contributed by atoms with Crippen molar-refractivity contribution < 1.29 is 4.79 Å². The quantitative estimate of drug-likeness (QED) is 0.671. The van der Waals surface area contributed by atoms with E-state index in [0.717, 1.165) is 38.0 Å². The lowest BCUT2D eigenvalue weighted by atomic mass is 9.87. The van der Waals surface area contributed by atoms with Crippen LogP contribution in [0.15, 0.2) is 0 Å². The van der Waals surface area contributed by atoms with Gasteiger partial charge in [-0.15, -0.1) is 0 Å². The third-order valence-corrected chi connectivity index (χ3v) is 4.09. The summed E-state index contributed by atoms with van der Waals surface area (Å²) in [5, 5.41) is 0. The zero-order valence-corrected chi connectivity index (χ0v) is 10.8. The summed E-state index contributed by atoms with van der Waals surface area (Å²) in [6.45, 7) is 10.6. The summed E-state index contributed by atoms with van der Waals surface area (Å²) in [5.74, 6) is 2.29. The Kier molecular flexibility index (Phi) is 3.41. The first-order chi connectivity index (χ1) is 7.58. The maximum absolute atomic E-state index is 12.1. The summed E-state index contributed by atoms with van der Waals surface area (Å²) in [6.07, 6.45) is 2.37. The molecule has 2 aliphatic rings. The fourth-order valence-electron chi connectivity index (χ4n) is 2.81. The molecule has 0 atom stereocenters. The Morgan fingerprint density at radius 2 is 1.69 bits per heavy atom. The second-order valence-corrected chi connectivity index (χ2v) is 5.86. The molecular weight excluding hydrogens is 200 g/mol. The van der Waals surface area contributed by atoms with Gasteiger partial charge in [0.1, 0.15) is 0 Å². The van der Waals surface area contributed by atoms with Crippen molar-refractivity contribution >= 4 is 6.03 Å². The van der Waals surface area contributed by atoms with Crippen LogP contribution < -0.4 is 0 Å². The van der Waals surface area contributed by atoms with Crippen molar-refractivity contribution in [1.29, 1.82) is 0 Å². The minimum atomic E-state index is 0.278. The van der Waals surface area contributed by atoms with Gasteiger partial charge in [-0.1, -0.05) is 20.8 Å². The fourth-order valence-corrected chi connectivity index (χ4v) is 2.81. The molecule has 92 valence electrons. The van der Waals surface area contributed by atoms with Crippen molar-refractivity contribution in [3.8, 4) is 0 Å². The average molecular weight is 224 g/mol. The van der Waals surface area contributed by atoms with Crippen LogP contribution in [0.25, 0.3) is 0 Å². The minimum Gasteiger partial charge on any atom is -0.325 e. The Labute approximate surface area is 98.8 Å². The predicted octanol–water partition coefficient (Wildman–Crippen LogP) is 2.43. The van der Waals surface area contributed by atoms with E-state index in [1.165, 1.54) is 12.8 Å². The number of carbonyl (C=O) groups excluding carboxylic acids is 1. The molecule has 2 amide bonds. The molecule has 3 nitrogen and oxygen atoms in total. The Balaban J connectivity index is 1.78. The summed E-state index contributed by atoms with van der Waals surface area (Å²) in [6, 6.07) is 0.278. The van der Waals surface area contributed by atoms with Gasteiger partial charge in [-0.3, -0.25) is 0 Å². The predicted molar refractivity (Wildman–Crippen MR) is 65.3 cm³/mol. The molecular formula is C13H24N2O. The summed E-state index contributed by atoms with van der Waals surface area (Å²) in [5.41, 5.74) is 0. The third kappa shape index (κ3) is 2.33. The van der Waals surface area contributed by atoms with Crippen molar-refractivity contribution in [1.82, 2.24) is 9.80 Å². The summed E-state index contributed by atoms with van der Waals surface area (Å²) in [4.78, 5) is 16.1. The fraction of sp³-hybridized carbons (Fsp3) is 0.923. The number of urea groups is 1. The zero-order valence-electron chi connectivity index (χ0n) is 10.8. The van der Waals surface area contributed by atoms with Crippen LogP contribution in [-0.4, -0.2) is 42.0 Å². The molecule has 2 aliphatic heterocycles. The van der Waals surface area contributed by atoms with Gasteiger partial charge in [0.15, 0.2) is 0 Å². The van der Waals surface area contributed by atoms with Crippen LogP contribution in [0.4, 0.5) is 4.79 Å². The van der Waals surface area contributed by atoms with Crippen molar-refractivity contribution in [3.05, 3.63) is 0 Å². The molecule has 0 saturated carbocycles. The zero-order chi connectivity index (χ0) is 11.7. The second kappa shape index (κ2) is 4.64. The van der Waals surface area contributed by atoms with Gasteiger partial charge in [-0.05, 0) is 30.6 Å². The van der Waals surface area contributed by atoms with E-state index in [1.807, 2.05) is 9.80 Å². The van der Waals surface area contributed by atoms with Crippen molar-refractivity contribution in [2.45, 2.75) is 33.6 Å². The van der Waals surface area contributed by atoms with Crippen molar-refractivity contribution in [3.63, 3.8) is 0 Å². The van der Waals surface area contributed by atoms with E-state index in [-0.39, 0.29) is 6.03 Å². The lowest BCUT2D eigenvalue weighted by Gasteiger charge is -2.42. The van der Waals surface area contributed by atoms with Gasteiger partial charge >= 0.3 is 6.03 Å². The van der Waals surface area contributed by atoms with Crippen molar-refractivity contribution in [2.75, 3.05) is 26.2 Å². The highest BCUT2D eigenvalue weighted by Crippen LogP contribution is 2.26. The summed E-state index contributed by atoms with van der Waals surface area (Å²) in [7, 11) is 0. The lowest BCUT2D eigenvalue weighted by molar-refractivity contribution is 0.0817. The monoisotopic (exact) mass is 224 g/mol. The Morgan fingerprint density at radius 3 is 2.12 bits per heavy atom. The molecule has 0 spiro atoms. The molecule has 2 rings (SSSR count). The van der Waals surface area contributed by atoms with E-state index in [0.29, 0.717) is 5.92 Å². The Bertz CT molecular complexity index is 251. The number of rotatable bonds is 1. The van der Waals surface area contributed by atoms with Gasteiger partial charge in [-0.25, -0.2) is 4.79 Å². The van der Waals surface area contributed by atoms with E-state index < -0.39 is 0 Å². The molecule has 0 radical (unpaired) electrons. The number of nitrogens with zero attached hydrogens (tertiary/aromatic N) is 2. The molecule has 0 aromatic carbocycles. The smallest absolute Gasteiger partial charge is 0.320 e. The first kappa shape index (κ1) is 11.7. The van der Waals surface area contributed by atoms with Crippen LogP contribution in [0.3, 0.4) is 0 Å². The number of likely N-dealkylation sites (tertiary alicyclic amines) is 2. The molecule has 0 aromatic heterocycles. The molecule has 0 N–H and O–H groups in total. The highest BCUT2D eigenvalue weighted by atomic mass is 16.2. The topological polar surface area (TPSA) is 23.6 Å². The van der Waals surface area contributed by atoms with Gasteiger partial charge in [0.2, 0.25) is 0 Å². The van der Waals surface area contributed by atoms with Crippen LogP contribution in [0.5, 0.6) is 0 Å². The van der Waals surface area contributed by atoms with Gasteiger partial charge < -0.3 is 9.80 Å². The SMILES string of the molecule is CC1CN(C(=O)N2CCC(C(C)C)CC2)C1. The molecule has 0 bridgehead atoms. The molecule has 0 aliphatic carbocycles. The van der Waals surface area contributed by atoms with E-state index in [1.54, 1.807) is 0 Å². The van der Waals surface area contributed by atoms with E-state index in [4.69, 9.17) is 0 Å². The van der Waals surface area contributed by atoms with Crippen LogP contribution in [0.1, 0.15) is 33.6 Å². The summed E-state index contributed by atoms with van der Waals surface area (Å²) >= 11 is 0. The van der Waals surface area contributed by atoms with E-state index in [2.05, 4.69) is 20.8 Å². The third-order valence-electron chi connectivity index (χ3n) is 4.09. The second-order valence-electron chi connectivity index (χ2n) is 5.86. The maximum Gasteiger partial charge on any atom is 0.320 e. The first-order valence-corrected chi connectivity index (χ1v) is 6.61. The molecule has 0 aromatic rings. The number of amides is 2. The minimum absolute atomic E-state index is 0.278. The maximum atomic E-state index is 12.1. The molecule has 3 heteroatoms. The highest BCUT2D eigenvalue weighted by Gasteiger charge is 2.32. The van der Waals surface area contributed by atoms with Crippen LogP contribution >= 0.6 is 0 Å². The van der Waals surface area contributed by atoms with Crippen LogP contribution in [0.2, 0.25) is 0 Å². The number of carbonyl (C=O) groups is 1. The largest absolute Gasteiger partial charge is 0.325 e. The van der Waals surface area contributed by atoms with Gasteiger partial charge in [-0.2, -0.15) is 0 Å². The molecule has 2 saturated heterocycles. The number of piperidine rings is 1. The Hall–Kier alpha value is -0.730. The highest BCUT2D eigenvalue weighted by molar-refractivity contribution is 5.75. The molecule has 2 heterocycles. The molecule has 0 unspecified atom stereocenters. The standard InChI is InChI=1S/C13H24N2O/c1-10(2)12-4-6-14(7-5-12)13(16)15-8-11(3)9-15/h10-12H,4-9H2,1-3H3. The normalized spacial score (nSPS) is 23.8.